The zero-order chi connectivity index (χ0) is 15.0. The summed E-state index contributed by atoms with van der Waals surface area (Å²) in [5.41, 5.74) is 2.20. The van der Waals surface area contributed by atoms with Crippen molar-refractivity contribution in [3.05, 3.63) is 63.6 Å². The normalized spacial score (nSPS) is 11.2. The first-order chi connectivity index (χ1) is 10.1. The van der Waals surface area contributed by atoms with Gasteiger partial charge < -0.3 is 4.57 Å². The molecule has 3 rings (SSSR count). The molecule has 0 aliphatic rings. The number of benzene rings is 2. The van der Waals surface area contributed by atoms with Crippen molar-refractivity contribution >= 4 is 45.8 Å². The van der Waals surface area contributed by atoms with Gasteiger partial charge in [-0.15, -0.1) is 11.6 Å². The molecule has 0 radical (unpaired) electrons. The number of alkyl halides is 1. The molecule has 0 saturated carbocycles. The molecule has 21 heavy (non-hydrogen) atoms. The van der Waals surface area contributed by atoms with Crippen molar-refractivity contribution < 1.29 is 4.39 Å². The minimum atomic E-state index is -0.493. The number of imidazole rings is 1. The van der Waals surface area contributed by atoms with Crippen LogP contribution in [0.15, 0.2) is 36.4 Å². The summed E-state index contributed by atoms with van der Waals surface area (Å²) in [6.45, 7) is 0.500. The summed E-state index contributed by atoms with van der Waals surface area (Å²) in [6.07, 6.45) is 0. The Hall–Kier alpha value is -1.29. The molecule has 0 atom stereocenters. The van der Waals surface area contributed by atoms with Gasteiger partial charge >= 0.3 is 0 Å². The van der Waals surface area contributed by atoms with Crippen molar-refractivity contribution in [2.45, 2.75) is 12.4 Å². The maximum absolute atomic E-state index is 13.5. The quantitative estimate of drug-likeness (QED) is 0.592. The van der Waals surface area contributed by atoms with Crippen molar-refractivity contribution in [3.8, 4) is 0 Å². The molecule has 0 aliphatic heterocycles. The Kier molecular flexibility index (Phi) is 4.07. The smallest absolute Gasteiger partial charge is 0.144 e. The Balaban J connectivity index is 2.16. The van der Waals surface area contributed by atoms with Gasteiger partial charge in [-0.25, -0.2) is 9.37 Å². The van der Waals surface area contributed by atoms with E-state index in [9.17, 15) is 4.39 Å². The molecule has 3 aromatic rings. The average Bonchev–Trinajstić information content (AvgIpc) is 2.79. The number of hydrogen-bond acceptors (Lipinski definition) is 1. The lowest BCUT2D eigenvalue weighted by Gasteiger charge is -2.09. The third-order valence-corrected chi connectivity index (χ3v) is 4.17. The summed E-state index contributed by atoms with van der Waals surface area (Å²) in [4.78, 5) is 4.35. The highest BCUT2D eigenvalue weighted by Crippen LogP contribution is 2.26. The zero-order valence-corrected chi connectivity index (χ0v) is 13.1. The van der Waals surface area contributed by atoms with Crippen LogP contribution in [0.5, 0.6) is 0 Å². The van der Waals surface area contributed by atoms with E-state index < -0.39 is 5.82 Å². The van der Waals surface area contributed by atoms with Crippen LogP contribution in [-0.4, -0.2) is 9.55 Å². The summed E-state index contributed by atoms with van der Waals surface area (Å²) in [5.74, 6) is 0.374. The predicted octanol–water partition coefficient (Wildman–Crippen LogP) is 5.27. The molecule has 0 aliphatic carbocycles. The molecule has 0 spiro atoms. The van der Waals surface area contributed by atoms with Crippen LogP contribution in [0.4, 0.5) is 4.39 Å². The molecular formula is C15H10Cl3FN2. The van der Waals surface area contributed by atoms with Gasteiger partial charge in [0.05, 0.1) is 28.5 Å². The second kappa shape index (κ2) is 5.84. The highest BCUT2D eigenvalue weighted by molar-refractivity contribution is 6.31. The molecule has 0 N–H and O–H groups in total. The van der Waals surface area contributed by atoms with Crippen LogP contribution >= 0.6 is 34.8 Å². The first kappa shape index (κ1) is 14.6. The Bertz CT molecular complexity index is 814. The van der Waals surface area contributed by atoms with Gasteiger partial charge in [0.2, 0.25) is 0 Å². The lowest BCUT2D eigenvalue weighted by Crippen LogP contribution is -2.04. The fourth-order valence-corrected chi connectivity index (χ4v) is 2.80. The Labute approximate surface area is 136 Å². The lowest BCUT2D eigenvalue weighted by atomic mass is 10.2. The van der Waals surface area contributed by atoms with E-state index in [0.717, 1.165) is 11.1 Å². The maximum atomic E-state index is 13.5. The lowest BCUT2D eigenvalue weighted by molar-refractivity contribution is 0.629. The van der Waals surface area contributed by atoms with Crippen molar-refractivity contribution in [2.75, 3.05) is 0 Å². The number of hydrogen-bond donors (Lipinski definition) is 0. The van der Waals surface area contributed by atoms with E-state index in [0.29, 0.717) is 22.9 Å². The van der Waals surface area contributed by atoms with Crippen molar-refractivity contribution in [1.82, 2.24) is 9.55 Å². The number of nitrogens with zero attached hydrogens (tertiary/aromatic N) is 2. The Morgan fingerprint density at radius 1 is 1.10 bits per heavy atom. The molecule has 1 heterocycles. The third kappa shape index (κ3) is 2.73. The van der Waals surface area contributed by atoms with E-state index in [4.69, 9.17) is 34.8 Å². The summed E-state index contributed by atoms with van der Waals surface area (Å²) < 4.78 is 15.4. The largest absolute Gasteiger partial charge is 0.322 e. The van der Waals surface area contributed by atoms with E-state index in [1.165, 1.54) is 6.07 Å². The van der Waals surface area contributed by atoms with E-state index in [1.54, 1.807) is 6.07 Å². The van der Waals surface area contributed by atoms with Crippen LogP contribution in [0.1, 0.15) is 11.4 Å². The highest BCUT2D eigenvalue weighted by atomic mass is 35.5. The molecule has 0 unspecified atom stereocenters. The minimum absolute atomic E-state index is 0.0592. The van der Waals surface area contributed by atoms with Crippen molar-refractivity contribution in [3.63, 3.8) is 0 Å². The second-order valence-electron chi connectivity index (χ2n) is 4.59. The van der Waals surface area contributed by atoms with Crippen molar-refractivity contribution in [2.24, 2.45) is 0 Å². The van der Waals surface area contributed by atoms with Crippen LogP contribution < -0.4 is 0 Å². The first-order valence-electron chi connectivity index (χ1n) is 6.23. The summed E-state index contributed by atoms with van der Waals surface area (Å²) in [6, 6.07) is 10.4. The van der Waals surface area contributed by atoms with Crippen LogP contribution in [0.25, 0.3) is 11.0 Å². The SMILES string of the molecule is Fc1cc2nc(CCl)n(Cc3ccccc3Cl)c2cc1Cl. The van der Waals surface area contributed by atoms with Gasteiger partial charge in [-0.2, -0.15) is 0 Å². The fourth-order valence-electron chi connectivity index (χ4n) is 2.25. The van der Waals surface area contributed by atoms with Gasteiger partial charge in [-0.05, 0) is 17.7 Å². The van der Waals surface area contributed by atoms with Gasteiger partial charge in [-0.1, -0.05) is 41.4 Å². The molecule has 0 saturated heterocycles. The summed E-state index contributed by atoms with van der Waals surface area (Å²) in [7, 11) is 0. The van der Waals surface area contributed by atoms with Gasteiger partial charge in [0.15, 0.2) is 0 Å². The Morgan fingerprint density at radius 3 is 2.57 bits per heavy atom. The van der Waals surface area contributed by atoms with E-state index in [1.807, 2.05) is 28.8 Å². The third-order valence-electron chi connectivity index (χ3n) is 3.28. The minimum Gasteiger partial charge on any atom is -0.322 e. The highest BCUT2D eigenvalue weighted by Gasteiger charge is 2.14. The monoisotopic (exact) mass is 342 g/mol. The molecule has 1 aromatic heterocycles. The zero-order valence-electron chi connectivity index (χ0n) is 10.8. The number of aromatic nitrogens is 2. The summed E-state index contributed by atoms with van der Waals surface area (Å²) >= 11 is 18.0. The maximum Gasteiger partial charge on any atom is 0.144 e. The molecule has 0 amide bonds. The number of halogens is 4. The number of fused-ring (bicyclic) bond motifs is 1. The fraction of sp³-hybridized carbons (Fsp3) is 0.133. The van der Waals surface area contributed by atoms with E-state index in [2.05, 4.69) is 4.98 Å². The van der Waals surface area contributed by atoms with E-state index in [-0.39, 0.29) is 10.9 Å². The molecule has 6 heteroatoms. The standard InChI is InChI=1S/C15H10Cl3FN2/c16-7-15-20-13-6-12(19)11(18)5-14(13)21(15)8-9-3-1-2-4-10(9)17/h1-6H,7-8H2. The molecule has 2 aromatic carbocycles. The molecule has 108 valence electrons. The Morgan fingerprint density at radius 2 is 1.86 bits per heavy atom. The van der Waals surface area contributed by atoms with Gasteiger partial charge in [0.1, 0.15) is 11.6 Å². The average molecular weight is 344 g/mol. The van der Waals surface area contributed by atoms with Gasteiger partial charge in [-0.3, -0.25) is 0 Å². The molecule has 0 bridgehead atoms. The first-order valence-corrected chi connectivity index (χ1v) is 7.52. The molecule has 2 nitrogen and oxygen atoms in total. The van der Waals surface area contributed by atoms with Crippen LogP contribution in [0.3, 0.4) is 0 Å². The van der Waals surface area contributed by atoms with Crippen LogP contribution in [0, 0.1) is 5.82 Å². The van der Waals surface area contributed by atoms with Crippen LogP contribution in [-0.2, 0) is 12.4 Å². The van der Waals surface area contributed by atoms with E-state index >= 15 is 0 Å². The van der Waals surface area contributed by atoms with Gasteiger partial charge in [0, 0.05) is 11.1 Å². The second-order valence-corrected chi connectivity index (χ2v) is 5.68. The van der Waals surface area contributed by atoms with Crippen LogP contribution in [0.2, 0.25) is 10.0 Å². The predicted molar refractivity (Wildman–Crippen MR) is 84.8 cm³/mol. The van der Waals surface area contributed by atoms with Gasteiger partial charge in [0.25, 0.3) is 0 Å². The topological polar surface area (TPSA) is 17.8 Å². The van der Waals surface area contributed by atoms with Crippen molar-refractivity contribution in [1.29, 1.82) is 0 Å². The summed E-state index contributed by atoms with van der Waals surface area (Å²) in [5, 5.41) is 0.719. The molecule has 0 fully saturated rings. The number of rotatable bonds is 3. The molecular weight excluding hydrogens is 334 g/mol.